The maximum Gasteiger partial charge on any atom is 0.295 e. The van der Waals surface area contributed by atoms with Gasteiger partial charge in [0.15, 0.2) is 22.2 Å². The standard InChI is InChI=1S/C23H27N9O2S/c1-5-17-16(11-28-23(24)30-17)19-27-12-18-21(31-19)32(13(3)4)22(33)20(29-18)26-9-14-7-8-15(10-25-14)35(34)6-2/h7-8,10-13H,5-6,9H2,1-4H3,(H,26,29)(H2,24,28,30). The van der Waals surface area contributed by atoms with Crippen LogP contribution in [0.1, 0.15) is 45.1 Å². The number of nitrogens with zero attached hydrogens (tertiary/aromatic N) is 7. The van der Waals surface area contributed by atoms with Crippen molar-refractivity contribution >= 4 is 34.1 Å². The lowest BCUT2D eigenvalue weighted by molar-refractivity contribution is 0.593. The summed E-state index contributed by atoms with van der Waals surface area (Å²) in [6.45, 7) is 7.91. The van der Waals surface area contributed by atoms with Crippen LogP contribution in [-0.4, -0.2) is 44.8 Å². The number of nitrogens with two attached hydrogens (primary N) is 1. The fourth-order valence-corrected chi connectivity index (χ4v) is 4.33. The van der Waals surface area contributed by atoms with Crippen molar-refractivity contribution in [1.29, 1.82) is 0 Å². The van der Waals surface area contributed by atoms with Crippen LogP contribution in [0.5, 0.6) is 0 Å². The van der Waals surface area contributed by atoms with Crippen molar-refractivity contribution < 1.29 is 4.55 Å². The number of aromatic nitrogens is 7. The zero-order chi connectivity index (χ0) is 25.1. The predicted octanol–water partition coefficient (Wildman–Crippen LogP) is 2.50. The smallest absolute Gasteiger partial charge is 0.295 e. The molecule has 3 N–H and O–H groups in total. The molecule has 1 atom stereocenters. The lowest BCUT2D eigenvalue weighted by Crippen LogP contribution is -2.27. The van der Waals surface area contributed by atoms with Crippen LogP contribution < -0.4 is 16.6 Å². The number of hydrogen-bond acceptors (Lipinski definition) is 10. The summed E-state index contributed by atoms with van der Waals surface area (Å²) in [4.78, 5) is 40.3. The Labute approximate surface area is 205 Å². The molecule has 0 aliphatic carbocycles. The zero-order valence-electron chi connectivity index (χ0n) is 20.0. The predicted molar refractivity (Wildman–Crippen MR) is 135 cm³/mol. The molecule has 4 heterocycles. The van der Waals surface area contributed by atoms with Crippen molar-refractivity contribution in [3.8, 4) is 11.4 Å². The molecule has 4 rings (SSSR count). The molecule has 4 aromatic rings. The lowest BCUT2D eigenvalue weighted by atomic mass is 10.2. The molecule has 0 aliphatic rings. The molecule has 0 saturated carbocycles. The second kappa shape index (κ2) is 10.3. The molecule has 35 heavy (non-hydrogen) atoms. The van der Waals surface area contributed by atoms with E-state index in [2.05, 4.69) is 35.2 Å². The van der Waals surface area contributed by atoms with E-state index in [0.717, 1.165) is 5.69 Å². The second-order valence-corrected chi connectivity index (χ2v) is 9.79. The van der Waals surface area contributed by atoms with Gasteiger partial charge in [0.2, 0.25) is 5.95 Å². The van der Waals surface area contributed by atoms with Crippen LogP contribution in [0.2, 0.25) is 0 Å². The first-order valence-corrected chi connectivity index (χ1v) is 12.6. The van der Waals surface area contributed by atoms with Gasteiger partial charge in [-0.15, -0.1) is 0 Å². The number of fused-ring (bicyclic) bond motifs is 1. The number of hydrogen-bond donors (Lipinski definition) is 2. The molecule has 12 heteroatoms. The molecule has 1 unspecified atom stereocenters. The lowest BCUT2D eigenvalue weighted by Gasteiger charge is -2.16. The molecule has 0 bridgehead atoms. The number of anilines is 2. The van der Waals surface area contributed by atoms with Crippen LogP contribution in [-0.2, 0) is 24.1 Å². The van der Waals surface area contributed by atoms with E-state index in [-0.39, 0.29) is 29.9 Å². The third kappa shape index (κ3) is 5.08. The van der Waals surface area contributed by atoms with E-state index in [1.807, 2.05) is 27.7 Å². The van der Waals surface area contributed by atoms with E-state index in [0.29, 0.717) is 45.3 Å². The number of aryl methyl sites for hydroxylation is 1. The maximum absolute atomic E-state index is 13.3. The quantitative estimate of drug-likeness (QED) is 0.349. The van der Waals surface area contributed by atoms with Crippen LogP contribution in [0.25, 0.3) is 22.6 Å². The molecule has 4 aromatic heterocycles. The first-order chi connectivity index (χ1) is 16.8. The van der Waals surface area contributed by atoms with Crippen molar-refractivity contribution in [1.82, 2.24) is 34.5 Å². The van der Waals surface area contributed by atoms with Gasteiger partial charge in [0.25, 0.3) is 5.56 Å². The molecule has 0 amide bonds. The largest absolute Gasteiger partial charge is 0.611 e. The Balaban J connectivity index is 1.70. The van der Waals surface area contributed by atoms with E-state index in [4.69, 9.17) is 5.73 Å². The van der Waals surface area contributed by atoms with Gasteiger partial charge in [-0.1, -0.05) is 6.92 Å². The monoisotopic (exact) mass is 493 g/mol. The van der Waals surface area contributed by atoms with Crippen LogP contribution in [0, 0.1) is 0 Å². The molecular formula is C23H27N9O2S. The molecule has 0 aromatic carbocycles. The molecule has 0 fully saturated rings. The van der Waals surface area contributed by atoms with E-state index >= 15 is 0 Å². The molecule has 0 radical (unpaired) electrons. The Morgan fingerprint density at radius 2 is 1.89 bits per heavy atom. The number of pyridine rings is 1. The van der Waals surface area contributed by atoms with E-state index in [1.54, 1.807) is 35.3 Å². The SMILES string of the molecule is CCc1nc(N)ncc1-c1ncc2nc(NCc3ccc([S+]([O-])CC)cn3)c(=O)n(C(C)C)c2n1. The highest BCUT2D eigenvalue weighted by atomic mass is 32.2. The third-order valence-corrected chi connectivity index (χ3v) is 6.66. The molecule has 11 nitrogen and oxygen atoms in total. The Morgan fingerprint density at radius 3 is 2.54 bits per heavy atom. The third-order valence-electron chi connectivity index (χ3n) is 5.37. The highest BCUT2D eigenvalue weighted by molar-refractivity contribution is 7.91. The minimum Gasteiger partial charge on any atom is -0.611 e. The second-order valence-electron chi connectivity index (χ2n) is 8.05. The highest BCUT2D eigenvalue weighted by Crippen LogP contribution is 2.22. The summed E-state index contributed by atoms with van der Waals surface area (Å²) in [7, 11) is 0. The van der Waals surface area contributed by atoms with Gasteiger partial charge >= 0.3 is 0 Å². The van der Waals surface area contributed by atoms with Crippen molar-refractivity contribution in [2.75, 3.05) is 16.8 Å². The topological polar surface area (TPSA) is 160 Å². The summed E-state index contributed by atoms with van der Waals surface area (Å²) >= 11 is -1.06. The van der Waals surface area contributed by atoms with Gasteiger partial charge in [-0.25, -0.2) is 24.9 Å². The van der Waals surface area contributed by atoms with Crippen LogP contribution in [0.4, 0.5) is 11.8 Å². The van der Waals surface area contributed by atoms with Gasteiger partial charge in [-0.3, -0.25) is 14.3 Å². The fraction of sp³-hybridized carbons (Fsp3) is 0.348. The maximum atomic E-state index is 13.3. The normalized spacial score (nSPS) is 12.3. The highest BCUT2D eigenvalue weighted by Gasteiger charge is 2.18. The van der Waals surface area contributed by atoms with Gasteiger partial charge in [-0.2, -0.15) is 0 Å². The molecular weight excluding hydrogens is 466 g/mol. The molecule has 182 valence electrons. The van der Waals surface area contributed by atoms with Crippen LogP contribution in [0.3, 0.4) is 0 Å². The Morgan fingerprint density at radius 1 is 1.09 bits per heavy atom. The first kappa shape index (κ1) is 24.5. The number of rotatable bonds is 8. The number of nitrogens with one attached hydrogen (secondary N) is 1. The van der Waals surface area contributed by atoms with Crippen LogP contribution >= 0.6 is 0 Å². The van der Waals surface area contributed by atoms with Gasteiger partial charge in [0, 0.05) is 12.2 Å². The van der Waals surface area contributed by atoms with Gasteiger partial charge < -0.3 is 15.6 Å². The summed E-state index contributed by atoms with van der Waals surface area (Å²) in [5.41, 5.74) is 8.40. The van der Waals surface area contributed by atoms with Gasteiger partial charge in [0.05, 0.1) is 35.9 Å². The summed E-state index contributed by atoms with van der Waals surface area (Å²) in [5, 5.41) is 3.08. The fourth-order valence-electron chi connectivity index (χ4n) is 3.61. The summed E-state index contributed by atoms with van der Waals surface area (Å²) in [5.74, 6) is 1.30. The molecule has 0 aliphatic heterocycles. The minimum atomic E-state index is -1.06. The minimum absolute atomic E-state index is 0.175. The summed E-state index contributed by atoms with van der Waals surface area (Å²) < 4.78 is 13.5. The number of nitrogen functional groups attached to an aromatic ring is 1. The van der Waals surface area contributed by atoms with E-state index in [1.165, 1.54) is 0 Å². The zero-order valence-corrected chi connectivity index (χ0v) is 20.8. The average Bonchev–Trinajstić information content (AvgIpc) is 2.86. The average molecular weight is 494 g/mol. The van der Waals surface area contributed by atoms with Crippen molar-refractivity contribution in [2.45, 2.75) is 51.6 Å². The molecule has 0 saturated heterocycles. The van der Waals surface area contributed by atoms with E-state index < -0.39 is 11.2 Å². The Hall–Kier alpha value is -3.64. The van der Waals surface area contributed by atoms with Crippen molar-refractivity contribution in [3.05, 3.63) is 52.5 Å². The van der Waals surface area contributed by atoms with Gasteiger partial charge in [-0.05, 0) is 50.5 Å². The summed E-state index contributed by atoms with van der Waals surface area (Å²) in [6, 6.07) is 3.39. The summed E-state index contributed by atoms with van der Waals surface area (Å²) in [6.07, 6.45) is 5.41. The first-order valence-electron chi connectivity index (χ1n) is 11.3. The molecule has 0 spiro atoms. The Kier molecular flexibility index (Phi) is 7.22. The Bertz CT molecular complexity index is 1410. The van der Waals surface area contributed by atoms with E-state index in [9.17, 15) is 9.35 Å². The van der Waals surface area contributed by atoms with Crippen molar-refractivity contribution in [2.24, 2.45) is 0 Å². The van der Waals surface area contributed by atoms with Gasteiger partial charge in [0.1, 0.15) is 11.3 Å². The van der Waals surface area contributed by atoms with Crippen molar-refractivity contribution in [3.63, 3.8) is 0 Å². The van der Waals surface area contributed by atoms with Crippen LogP contribution in [0.15, 0.2) is 40.4 Å².